The molecule has 1 aliphatic rings. The Bertz CT molecular complexity index is 1200. The first kappa shape index (κ1) is 23.0. The van der Waals surface area contributed by atoms with Crippen molar-refractivity contribution in [2.75, 3.05) is 12.3 Å². The predicted molar refractivity (Wildman–Crippen MR) is 118 cm³/mol. The average molecular weight is 458 g/mol. The smallest absolute Gasteiger partial charge is 0.383 e. The van der Waals surface area contributed by atoms with Crippen LogP contribution < -0.4 is 5.73 Å². The zero-order valence-corrected chi connectivity index (χ0v) is 18.6. The molecule has 0 spiro atoms. The van der Waals surface area contributed by atoms with Gasteiger partial charge in [0.05, 0.1) is 35.5 Å². The number of nitrogens with zero attached hydrogens (tertiary/aromatic N) is 3. The zero-order chi connectivity index (χ0) is 23.9. The number of anilines is 1. The number of carbonyl (C=O) groups excluding carboxylic acids is 1. The van der Waals surface area contributed by atoms with E-state index in [0.717, 1.165) is 28.8 Å². The second-order valence-corrected chi connectivity index (χ2v) is 8.22. The van der Waals surface area contributed by atoms with E-state index in [2.05, 4.69) is 9.97 Å². The molecule has 2 N–H and O–H groups in total. The quantitative estimate of drug-likeness (QED) is 0.551. The third-order valence-corrected chi connectivity index (χ3v) is 6.03. The molecule has 2 atom stereocenters. The molecule has 2 aromatic heterocycles. The maximum absolute atomic E-state index is 13.5. The number of hydrogen-bond acceptors (Lipinski definition) is 5. The molecule has 9 heteroatoms. The zero-order valence-electron chi connectivity index (χ0n) is 18.6. The molecule has 174 valence electrons. The third kappa shape index (κ3) is 4.25. The van der Waals surface area contributed by atoms with E-state index in [1.165, 1.54) is 6.07 Å². The lowest BCUT2D eigenvalue weighted by Gasteiger charge is -2.29. The number of pyridine rings is 2. The van der Waals surface area contributed by atoms with E-state index in [0.29, 0.717) is 42.2 Å². The van der Waals surface area contributed by atoms with Gasteiger partial charge in [-0.25, -0.2) is 4.98 Å². The van der Waals surface area contributed by atoms with Crippen molar-refractivity contribution in [3.05, 3.63) is 64.5 Å². The Morgan fingerprint density at radius 2 is 2.06 bits per heavy atom. The standard InChI is InChI=1S/C24H25F3N4O2/c1-4-9-31(13(2)19-8-6-16(11-29-19)24(25,26)27)23(32)15-5-7-20-17(10-15)18-12-33-14(3)21(18)22(28)30-20/h5-8,10-11,13-14H,4,9,12H2,1-3H3,(H2,28,30)/t13-,14+/m0/s1. The van der Waals surface area contributed by atoms with Crippen molar-refractivity contribution in [1.29, 1.82) is 0 Å². The number of amides is 1. The van der Waals surface area contributed by atoms with Gasteiger partial charge in [-0.15, -0.1) is 0 Å². The van der Waals surface area contributed by atoms with Crippen LogP contribution in [0.25, 0.3) is 10.9 Å². The molecule has 0 bridgehead atoms. The van der Waals surface area contributed by atoms with Gasteiger partial charge in [0.1, 0.15) is 5.82 Å². The Morgan fingerprint density at radius 1 is 1.30 bits per heavy atom. The highest BCUT2D eigenvalue weighted by atomic mass is 19.4. The van der Waals surface area contributed by atoms with E-state index in [9.17, 15) is 18.0 Å². The number of rotatable bonds is 5. The Balaban J connectivity index is 1.69. The Morgan fingerprint density at radius 3 is 2.70 bits per heavy atom. The summed E-state index contributed by atoms with van der Waals surface area (Å²) >= 11 is 0. The molecular formula is C24H25F3N4O2. The van der Waals surface area contributed by atoms with Crippen LogP contribution in [0, 0.1) is 0 Å². The fourth-order valence-corrected chi connectivity index (χ4v) is 4.26. The summed E-state index contributed by atoms with van der Waals surface area (Å²) in [6.45, 7) is 6.43. The minimum absolute atomic E-state index is 0.168. The van der Waals surface area contributed by atoms with Gasteiger partial charge in [0, 0.05) is 29.3 Å². The lowest BCUT2D eigenvalue weighted by molar-refractivity contribution is -0.137. The van der Waals surface area contributed by atoms with Crippen LogP contribution in [0.3, 0.4) is 0 Å². The number of alkyl halides is 3. The highest BCUT2D eigenvalue weighted by Crippen LogP contribution is 2.38. The van der Waals surface area contributed by atoms with Crippen molar-refractivity contribution in [2.24, 2.45) is 0 Å². The summed E-state index contributed by atoms with van der Waals surface area (Å²) in [6.07, 6.45) is -3.14. The molecule has 4 rings (SSSR count). The van der Waals surface area contributed by atoms with Gasteiger partial charge in [-0.1, -0.05) is 6.92 Å². The molecular weight excluding hydrogens is 433 g/mol. The van der Waals surface area contributed by atoms with Gasteiger partial charge in [0.2, 0.25) is 0 Å². The minimum atomic E-state index is -4.46. The molecule has 3 aromatic rings. The van der Waals surface area contributed by atoms with Crippen molar-refractivity contribution < 1.29 is 22.7 Å². The van der Waals surface area contributed by atoms with Gasteiger partial charge >= 0.3 is 6.18 Å². The van der Waals surface area contributed by atoms with E-state index >= 15 is 0 Å². The van der Waals surface area contributed by atoms with Gasteiger partial charge in [-0.05, 0) is 56.2 Å². The van der Waals surface area contributed by atoms with E-state index in [4.69, 9.17) is 10.5 Å². The van der Waals surface area contributed by atoms with Crippen molar-refractivity contribution in [3.63, 3.8) is 0 Å². The molecule has 33 heavy (non-hydrogen) atoms. The van der Waals surface area contributed by atoms with E-state index in [-0.39, 0.29) is 12.0 Å². The predicted octanol–water partition coefficient (Wildman–Crippen LogP) is 5.44. The molecule has 0 radical (unpaired) electrons. The van der Waals surface area contributed by atoms with Gasteiger partial charge in [-0.3, -0.25) is 9.78 Å². The molecule has 1 aliphatic heterocycles. The molecule has 0 saturated heterocycles. The van der Waals surface area contributed by atoms with Crippen LogP contribution in [0.15, 0.2) is 36.5 Å². The fourth-order valence-electron chi connectivity index (χ4n) is 4.26. The van der Waals surface area contributed by atoms with Crippen LogP contribution >= 0.6 is 0 Å². The molecule has 0 unspecified atom stereocenters. The maximum Gasteiger partial charge on any atom is 0.417 e. The van der Waals surface area contributed by atoms with Gasteiger partial charge in [0.25, 0.3) is 5.91 Å². The summed E-state index contributed by atoms with van der Waals surface area (Å²) < 4.78 is 44.4. The average Bonchev–Trinajstić information content (AvgIpc) is 3.18. The lowest BCUT2D eigenvalue weighted by atomic mass is 9.99. The summed E-state index contributed by atoms with van der Waals surface area (Å²) in [5.74, 6) is 0.196. The largest absolute Gasteiger partial charge is 0.417 e. The summed E-state index contributed by atoms with van der Waals surface area (Å²) in [5, 5.41) is 0.811. The first-order chi connectivity index (χ1) is 15.6. The summed E-state index contributed by atoms with van der Waals surface area (Å²) in [6, 6.07) is 7.05. The molecule has 0 aliphatic carbocycles. The first-order valence-corrected chi connectivity index (χ1v) is 10.8. The Kier molecular flexibility index (Phi) is 6.00. The van der Waals surface area contributed by atoms with Crippen molar-refractivity contribution >= 4 is 22.6 Å². The van der Waals surface area contributed by atoms with Crippen molar-refractivity contribution in [2.45, 2.75) is 52.1 Å². The monoisotopic (exact) mass is 458 g/mol. The normalized spacial score (nSPS) is 16.6. The van der Waals surface area contributed by atoms with Gasteiger partial charge < -0.3 is 15.4 Å². The number of hydrogen-bond donors (Lipinski definition) is 1. The van der Waals surface area contributed by atoms with Gasteiger partial charge in [-0.2, -0.15) is 13.2 Å². The van der Waals surface area contributed by atoms with Crippen LogP contribution in [0.5, 0.6) is 0 Å². The number of aromatic nitrogens is 2. The van der Waals surface area contributed by atoms with Crippen molar-refractivity contribution in [3.8, 4) is 0 Å². The van der Waals surface area contributed by atoms with Crippen LogP contribution in [0.1, 0.15) is 72.1 Å². The van der Waals surface area contributed by atoms with E-state index in [1.807, 2.05) is 13.8 Å². The number of ether oxygens (including phenoxy) is 1. The number of halogens is 3. The molecule has 0 saturated carbocycles. The highest BCUT2D eigenvalue weighted by Gasteiger charge is 2.32. The number of nitrogens with two attached hydrogens (primary N) is 1. The van der Waals surface area contributed by atoms with Gasteiger partial charge in [0.15, 0.2) is 0 Å². The number of carbonyl (C=O) groups is 1. The maximum atomic E-state index is 13.5. The minimum Gasteiger partial charge on any atom is -0.383 e. The van der Waals surface area contributed by atoms with Crippen LogP contribution in [0.2, 0.25) is 0 Å². The topological polar surface area (TPSA) is 81.3 Å². The summed E-state index contributed by atoms with van der Waals surface area (Å²) in [5.41, 5.74) is 8.60. The SMILES string of the molecule is CCCN(C(=O)c1ccc2nc(N)c3c(c2c1)CO[C@@H]3C)[C@@H](C)c1ccc(C(F)(F)F)cn1. The Labute approximate surface area is 189 Å². The third-order valence-electron chi connectivity index (χ3n) is 6.03. The fraction of sp³-hybridized carbons (Fsp3) is 0.375. The van der Waals surface area contributed by atoms with Crippen LogP contribution in [-0.2, 0) is 17.5 Å². The number of benzene rings is 1. The van der Waals surface area contributed by atoms with E-state index < -0.39 is 17.8 Å². The molecule has 6 nitrogen and oxygen atoms in total. The van der Waals surface area contributed by atoms with Crippen molar-refractivity contribution in [1.82, 2.24) is 14.9 Å². The molecule has 0 fully saturated rings. The van der Waals surface area contributed by atoms with Crippen LogP contribution in [-0.4, -0.2) is 27.3 Å². The Hall–Kier alpha value is -3.20. The highest BCUT2D eigenvalue weighted by molar-refractivity contribution is 5.99. The van der Waals surface area contributed by atoms with Crippen LogP contribution in [0.4, 0.5) is 19.0 Å². The lowest BCUT2D eigenvalue weighted by Crippen LogP contribution is -2.34. The second kappa shape index (κ2) is 8.62. The second-order valence-electron chi connectivity index (χ2n) is 8.22. The molecule has 1 aromatic carbocycles. The molecule has 3 heterocycles. The molecule has 1 amide bonds. The summed E-state index contributed by atoms with van der Waals surface area (Å²) in [7, 11) is 0. The summed E-state index contributed by atoms with van der Waals surface area (Å²) in [4.78, 5) is 23.6. The number of fused-ring (bicyclic) bond motifs is 3. The number of nitrogen functional groups attached to an aromatic ring is 1. The van der Waals surface area contributed by atoms with E-state index in [1.54, 1.807) is 30.0 Å². The first-order valence-electron chi connectivity index (χ1n) is 10.8.